The lowest BCUT2D eigenvalue weighted by molar-refractivity contribution is 0.715. The van der Waals surface area contributed by atoms with Gasteiger partial charge in [-0.2, -0.15) is 5.10 Å². The average molecular weight is 226 g/mol. The largest absolute Gasteiger partial charge is 0.316 e. The SMILES string of the molecule is C#CCn1cc(CNC)c(-c2ccccn2)n1. The van der Waals surface area contributed by atoms with Crippen LogP contribution in [0.4, 0.5) is 0 Å². The fourth-order valence-corrected chi connectivity index (χ4v) is 1.68. The second-order valence-corrected chi connectivity index (χ2v) is 3.65. The third kappa shape index (κ3) is 2.52. The van der Waals surface area contributed by atoms with Crippen LogP contribution >= 0.6 is 0 Å². The van der Waals surface area contributed by atoms with Crippen LogP contribution in [0.25, 0.3) is 11.4 Å². The number of pyridine rings is 1. The minimum absolute atomic E-state index is 0.476. The van der Waals surface area contributed by atoms with Crippen LogP contribution in [0, 0.1) is 12.3 Å². The molecule has 2 heterocycles. The summed E-state index contributed by atoms with van der Waals surface area (Å²) in [7, 11) is 1.90. The lowest BCUT2D eigenvalue weighted by Gasteiger charge is -1.99. The highest BCUT2D eigenvalue weighted by Gasteiger charge is 2.10. The first-order valence-corrected chi connectivity index (χ1v) is 5.41. The second-order valence-electron chi connectivity index (χ2n) is 3.65. The molecule has 4 heteroatoms. The zero-order chi connectivity index (χ0) is 12.1. The van der Waals surface area contributed by atoms with Gasteiger partial charge in [0, 0.05) is 24.5 Å². The fraction of sp³-hybridized carbons (Fsp3) is 0.231. The van der Waals surface area contributed by atoms with Gasteiger partial charge in [0.05, 0.1) is 5.69 Å². The molecule has 2 aromatic heterocycles. The molecule has 1 N–H and O–H groups in total. The van der Waals surface area contributed by atoms with Crippen molar-refractivity contribution in [3.8, 4) is 23.7 Å². The third-order valence-corrected chi connectivity index (χ3v) is 2.37. The van der Waals surface area contributed by atoms with E-state index in [2.05, 4.69) is 21.3 Å². The first kappa shape index (κ1) is 11.4. The number of terminal acetylenes is 1. The molecule has 17 heavy (non-hydrogen) atoms. The normalized spacial score (nSPS) is 10.1. The lowest BCUT2D eigenvalue weighted by atomic mass is 10.2. The molecule has 0 fully saturated rings. The average Bonchev–Trinajstić information content (AvgIpc) is 2.74. The first-order chi connectivity index (χ1) is 8.35. The lowest BCUT2D eigenvalue weighted by Crippen LogP contribution is -2.05. The van der Waals surface area contributed by atoms with E-state index in [1.807, 2.05) is 31.4 Å². The molecule has 0 unspecified atom stereocenters. The van der Waals surface area contributed by atoms with E-state index >= 15 is 0 Å². The van der Waals surface area contributed by atoms with E-state index in [-0.39, 0.29) is 0 Å². The zero-order valence-electron chi connectivity index (χ0n) is 9.72. The summed E-state index contributed by atoms with van der Waals surface area (Å²) in [5.41, 5.74) is 2.85. The van der Waals surface area contributed by atoms with E-state index in [0.29, 0.717) is 6.54 Å². The van der Waals surface area contributed by atoms with Gasteiger partial charge in [-0.15, -0.1) is 6.42 Å². The van der Waals surface area contributed by atoms with Crippen molar-refractivity contribution in [3.05, 3.63) is 36.2 Å². The number of hydrogen-bond donors (Lipinski definition) is 1. The maximum atomic E-state index is 5.29. The van der Waals surface area contributed by atoms with Gasteiger partial charge < -0.3 is 5.32 Å². The zero-order valence-corrected chi connectivity index (χ0v) is 9.72. The van der Waals surface area contributed by atoms with E-state index in [4.69, 9.17) is 6.42 Å². The molecule has 0 amide bonds. The number of rotatable bonds is 4. The molecular weight excluding hydrogens is 212 g/mol. The number of hydrogen-bond acceptors (Lipinski definition) is 3. The van der Waals surface area contributed by atoms with Gasteiger partial charge in [0.1, 0.15) is 12.2 Å². The van der Waals surface area contributed by atoms with Crippen molar-refractivity contribution in [3.63, 3.8) is 0 Å². The summed E-state index contributed by atoms with van der Waals surface area (Å²) in [6.45, 7) is 1.22. The third-order valence-electron chi connectivity index (χ3n) is 2.37. The topological polar surface area (TPSA) is 42.7 Å². The molecule has 0 saturated heterocycles. The highest BCUT2D eigenvalue weighted by atomic mass is 15.3. The molecule has 4 nitrogen and oxygen atoms in total. The highest BCUT2D eigenvalue weighted by Crippen LogP contribution is 2.19. The van der Waals surface area contributed by atoms with Crippen LogP contribution in [0.2, 0.25) is 0 Å². The summed E-state index contributed by atoms with van der Waals surface area (Å²) in [6, 6.07) is 5.78. The molecule has 0 aromatic carbocycles. The van der Waals surface area contributed by atoms with Crippen LogP contribution in [0.1, 0.15) is 5.56 Å². The Bertz CT molecular complexity index is 522. The van der Waals surface area contributed by atoms with Crippen LogP contribution in [0.5, 0.6) is 0 Å². The fourth-order valence-electron chi connectivity index (χ4n) is 1.68. The molecule has 0 bridgehead atoms. The molecule has 0 atom stereocenters. The van der Waals surface area contributed by atoms with Crippen molar-refractivity contribution in [1.82, 2.24) is 20.1 Å². The molecule has 2 aromatic rings. The number of aromatic nitrogens is 3. The minimum atomic E-state index is 0.476. The van der Waals surface area contributed by atoms with E-state index in [1.54, 1.807) is 10.9 Å². The van der Waals surface area contributed by atoms with Gasteiger partial charge >= 0.3 is 0 Å². The van der Waals surface area contributed by atoms with E-state index in [1.165, 1.54) is 0 Å². The Hall–Kier alpha value is -2.12. The van der Waals surface area contributed by atoms with Crippen LogP contribution in [-0.4, -0.2) is 21.8 Å². The minimum Gasteiger partial charge on any atom is -0.316 e. The van der Waals surface area contributed by atoms with Crippen LogP contribution in [0.15, 0.2) is 30.6 Å². The van der Waals surface area contributed by atoms with Crippen LogP contribution in [0.3, 0.4) is 0 Å². The van der Waals surface area contributed by atoms with Gasteiger partial charge in [0.2, 0.25) is 0 Å². The summed E-state index contributed by atoms with van der Waals surface area (Å²) >= 11 is 0. The molecule has 0 spiro atoms. The highest BCUT2D eigenvalue weighted by molar-refractivity contribution is 5.57. The smallest absolute Gasteiger partial charge is 0.115 e. The Morgan fingerprint density at radius 3 is 3.00 bits per heavy atom. The Labute approximate surface area is 101 Å². The standard InChI is InChI=1S/C13H14N4/c1-3-8-17-10-11(9-14-2)13(16-17)12-6-4-5-7-15-12/h1,4-7,10,14H,8-9H2,2H3. The van der Waals surface area contributed by atoms with Crippen LogP contribution < -0.4 is 5.32 Å². The van der Waals surface area contributed by atoms with Crippen LogP contribution in [-0.2, 0) is 13.1 Å². The van der Waals surface area contributed by atoms with E-state index in [9.17, 15) is 0 Å². The van der Waals surface area contributed by atoms with Gasteiger partial charge in [-0.3, -0.25) is 9.67 Å². The number of nitrogens with zero attached hydrogens (tertiary/aromatic N) is 3. The summed E-state index contributed by atoms with van der Waals surface area (Å²) in [6.07, 6.45) is 9.01. The van der Waals surface area contributed by atoms with Gasteiger partial charge in [0.15, 0.2) is 0 Å². The van der Waals surface area contributed by atoms with Crippen molar-refractivity contribution in [1.29, 1.82) is 0 Å². The molecule has 0 aliphatic carbocycles. The van der Waals surface area contributed by atoms with Crippen molar-refractivity contribution in [2.24, 2.45) is 0 Å². The Morgan fingerprint density at radius 1 is 1.47 bits per heavy atom. The van der Waals surface area contributed by atoms with Crippen molar-refractivity contribution < 1.29 is 0 Å². The molecule has 0 aliphatic heterocycles. The maximum Gasteiger partial charge on any atom is 0.115 e. The monoisotopic (exact) mass is 226 g/mol. The predicted octanol–water partition coefficient (Wildman–Crippen LogP) is 1.30. The summed E-state index contributed by atoms with van der Waals surface area (Å²) in [4.78, 5) is 4.31. The van der Waals surface area contributed by atoms with Gasteiger partial charge in [-0.25, -0.2) is 0 Å². The Kier molecular flexibility index (Phi) is 3.53. The summed E-state index contributed by atoms with van der Waals surface area (Å²) in [5, 5.41) is 7.58. The Balaban J connectivity index is 2.41. The molecule has 0 aliphatic rings. The van der Waals surface area contributed by atoms with Gasteiger partial charge in [-0.05, 0) is 19.2 Å². The van der Waals surface area contributed by atoms with Gasteiger partial charge in [-0.1, -0.05) is 12.0 Å². The summed E-state index contributed by atoms with van der Waals surface area (Å²) < 4.78 is 1.76. The van der Waals surface area contributed by atoms with Crippen molar-refractivity contribution >= 4 is 0 Å². The van der Waals surface area contributed by atoms with E-state index in [0.717, 1.165) is 23.5 Å². The molecule has 86 valence electrons. The molecule has 0 radical (unpaired) electrons. The summed E-state index contributed by atoms with van der Waals surface area (Å²) in [5.74, 6) is 2.58. The first-order valence-electron chi connectivity index (χ1n) is 5.41. The molecule has 0 saturated carbocycles. The number of nitrogens with one attached hydrogen (secondary N) is 1. The van der Waals surface area contributed by atoms with Crippen molar-refractivity contribution in [2.45, 2.75) is 13.1 Å². The molecular formula is C13H14N4. The molecule has 2 rings (SSSR count). The van der Waals surface area contributed by atoms with Gasteiger partial charge in [0.25, 0.3) is 0 Å². The Morgan fingerprint density at radius 2 is 2.35 bits per heavy atom. The van der Waals surface area contributed by atoms with E-state index < -0.39 is 0 Å². The quantitative estimate of drug-likeness (QED) is 0.799. The second kappa shape index (κ2) is 5.28. The van der Waals surface area contributed by atoms with Crippen molar-refractivity contribution in [2.75, 3.05) is 7.05 Å². The predicted molar refractivity (Wildman–Crippen MR) is 67.1 cm³/mol. The maximum absolute atomic E-state index is 5.29.